The maximum Gasteiger partial charge on any atom is 3.00 e. The molecule has 0 rings (SSSR count). The molecule has 98 valence electrons. The van der Waals surface area contributed by atoms with E-state index in [-0.39, 0.29) is 50.6 Å². The minimum atomic E-state index is -4.67. The van der Waals surface area contributed by atoms with Crippen molar-refractivity contribution in [2.75, 3.05) is 0 Å². The van der Waals surface area contributed by atoms with Crippen LogP contribution in [0, 0.1) is 0 Å². The van der Waals surface area contributed by atoms with Crippen LogP contribution in [0.5, 0.6) is 0 Å². The maximum atomic E-state index is 8.74. The molecule has 0 aromatic heterocycles. The summed E-state index contributed by atoms with van der Waals surface area (Å²) in [6.07, 6.45) is 0. The van der Waals surface area contributed by atoms with E-state index in [1.165, 1.54) is 0 Å². The number of hydrogen-bond acceptors (Lipinski definition) is 4. The van der Waals surface area contributed by atoms with Crippen molar-refractivity contribution in [2.24, 2.45) is 0 Å². The van der Waals surface area contributed by atoms with Crippen LogP contribution >= 0.6 is 0 Å². The molecule has 15 heavy (non-hydrogen) atoms. The first-order valence-electron chi connectivity index (χ1n) is 1.40. The minimum absolute atomic E-state index is 0. The average Bonchev–Trinajstić information content (AvgIpc) is 1.12. The van der Waals surface area contributed by atoms with Crippen LogP contribution in [0.3, 0.4) is 0 Å². The van der Waals surface area contributed by atoms with Crippen LogP contribution in [0.15, 0.2) is 0 Å². The van der Waals surface area contributed by atoms with Gasteiger partial charge in [-0.3, -0.25) is 18.2 Å². The molecule has 2 radical (unpaired) electrons. The second kappa shape index (κ2) is 17.1. The predicted molar refractivity (Wildman–Crippen MR) is 30.4 cm³/mol. The molecule has 0 aliphatic heterocycles. The van der Waals surface area contributed by atoms with Crippen molar-refractivity contribution in [3.63, 3.8) is 0 Å². The van der Waals surface area contributed by atoms with Crippen LogP contribution in [0.4, 0.5) is 0 Å². The monoisotopic (exact) mass is 356 g/mol. The Kier molecular flexibility index (Phi) is 51.1. The quantitative estimate of drug-likeness (QED) is 0.288. The minimum Gasteiger partial charge on any atom is -2.00 e. The van der Waals surface area contributed by atoms with E-state index in [4.69, 9.17) is 35.0 Å². The summed E-state index contributed by atoms with van der Waals surface area (Å²) in [5.74, 6) is 0. The Morgan fingerprint density at radius 3 is 0.533 bits per heavy atom. The van der Waals surface area contributed by atoms with Crippen LogP contribution in [-0.2, 0) is 71.4 Å². The SMILES string of the molecule is O=S(=O)(O)O.O=S(=O)(O)O.[Fe+3].[Fe+3].[O-2].[O-2].[O-2]. The molecular formula is H4Fe2O11S2. The van der Waals surface area contributed by atoms with Gasteiger partial charge in [0.1, 0.15) is 0 Å². The van der Waals surface area contributed by atoms with Gasteiger partial charge in [0.2, 0.25) is 0 Å². The van der Waals surface area contributed by atoms with Gasteiger partial charge in [-0.2, -0.15) is 16.8 Å². The molecule has 0 spiro atoms. The Balaban J connectivity index is -0.0000000128. The zero-order valence-electron chi connectivity index (χ0n) is 6.17. The van der Waals surface area contributed by atoms with Gasteiger partial charge in [-0.05, 0) is 0 Å². The van der Waals surface area contributed by atoms with E-state index < -0.39 is 20.8 Å². The molecule has 0 aromatic carbocycles. The van der Waals surface area contributed by atoms with Crippen LogP contribution in [0.1, 0.15) is 0 Å². The van der Waals surface area contributed by atoms with E-state index in [1.807, 2.05) is 0 Å². The zero-order chi connectivity index (χ0) is 9.00. The van der Waals surface area contributed by atoms with Crippen molar-refractivity contribution in [1.29, 1.82) is 0 Å². The standard InChI is InChI=1S/2Fe.2H2O4S.3O/c;;2*1-5(2,3)4;;;/h;;2*(H2,1,2,3,4);;;/q2*+3;;;3*-2. The van der Waals surface area contributed by atoms with E-state index in [1.54, 1.807) is 0 Å². The number of hydrogen-bond donors (Lipinski definition) is 4. The second-order valence-corrected chi connectivity index (χ2v) is 2.69. The summed E-state index contributed by atoms with van der Waals surface area (Å²) in [5.41, 5.74) is 0. The molecule has 0 aliphatic carbocycles. The molecule has 0 saturated heterocycles. The van der Waals surface area contributed by atoms with Crippen LogP contribution in [-0.4, -0.2) is 35.0 Å². The Hall–Kier alpha value is 0.659. The first kappa shape index (κ1) is 44.9. The van der Waals surface area contributed by atoms with Crippen molar-refractivity contribution >= 4 is 20.8 Å². The molecule has 15 heteroatoms. The van der Waals surface area contributed by atoms with Gasteiger partial charge in [-0.15, -0.1) is 0 Å². The molecule has 0 heterocycles. The van der Waals surface area contributed by atoms with Crippen molar-refractivity contribution in [3.8, 4) is 0 Å². The molecule has 0 unspecified atom stereocenters. The number of rotatable bonds is 0. The van der Waals surface area contributed by atoms with E-state index in [0.717, 1.165) is 0 Å². The molecule has 0 fully saturated rings. The van der Waals surface area contributed by atoms with E-state index >= 15 is 0 Å². The molecule has 0 saturated carbocycles. The summed E-state index contributed by atoms with van der Waals surface area (Å²) in [6, 6.07) is 0. The Morgan fingerprint density at radius 2 is 0.533 bits per heavy atom. The van der Waals surface area contributed by atoms with E-state index in [0.29, 0.717) is 0 Å². The zero-order valence-corrected chi connectivity index (χ0v) is 10.0. The maximum absolute atomic E-state index is 8.74. The average molecular weight is 356 g/mol. The Morgan fingerprint density at radius 1 is 0.533 bits per heavy atom. The third-order valence-electron chi connectivity index (χ3n) is 0. The first-order valence-corrected chi connectivity index (χ1v) is 4.19. The molecule has 0 aromatic rings. The van der Waals surface area contributed by atoms with Crippen LogP contribution in [0.2, 0.25) is 0 Å². The fourth-order valence-corrected chi connectivity index (χ4v) is 0. The fourth-order valence-electron chi connectivity index (χ4n) is 0. The predicted octanol–water partition coefficient (Wildman–Crippen LogP) is -1.67. The molecule has 0 aliphatic rings. The first-order chi connectivity index (χ1) is 4.00. The van der Waals surface area contributed by atoms with Crippen LogP contribution < -0.4 is 0 Å². The fraction of sp³-hybridized carbons (Fsp3) is 0. The summed E-state index contributed by atoms with van der Waals surface area (Å²) in [5, 5.41) is 0. The van der Waals surface area contributed by atoms with Crippen molar-refractivity contribution < 1.29 is 85.6 Å². The summed E-state index contributed by atoms with van der Waals surface area (Å²) in [6.45, 7) is 0. The smallest absolute Gasteiger partial charge is 2.00 e. The molecule has 4 N–H and O–H groups in total. The van der Waals surface area contributed by atoms with Gasteiger partial charge >= 0.3 is 54.9 Å². The summed E-state index contributed by atoms with van der Waals surface area (Å²) >= 11 is 0. The molecular weight excluding hydrogens is 352 g/mol. The Bertz CT molecular complexity index is 213. The van der Waals surface area contributed by atoms with Gasteiger partial charge < -0.3 is 16.4 Å². The summed E-state index contributed by atoms with van der Waals surface area (Å²) in [7, 11) is -9.33. The van der Waals surface area contributed by atoms with Gasteiger partial charge in [0.15, 0.2) is 0 Å². The molecule has 0 amide bonds. The van der Waals surface area contributed by atoms with Gasteiger partial charge in [0, 0.05) is 0 Å². The van der Waals surface area contributed by atoms with Crippen molar-refractivity contribution in [2.45, 2.75) is 0 Å². The molecule has 0 bridgehead atoms. The summed E-state index contributed by atoms with van der Waals surface area (Å²) in [4.78, 5) is 0. The molecule has 0 atom stereocenters. The summed E-state index contributed by atoms with van der Waals surface area (Å²) < 4.78 is 63.2. The second-order valence-electron chi connectivity index (χ2n) is 0.896. The third-order valence-corrected chi connectivity index (χ3v) is 0. The topological polar surface area (TPSA) is 235 Å². The molecule has 11 nitrogen and oxygen atoms in total. The van der Waals surface area contributed by atoms with Gasteiger partial charge in [0.05, 0.1) is 0 Å². The van der Waals surface area contributed by atoms with Gasteiger partial charge in [-0.1, -0.05) is 0 Å². The largest absolute Gasteiger partial charge is 3.00 e. The third kappa shape index (κ3) is 5410. The Labute approximate surface area is 106 Å². The van der Waals surface area contributed by atoms with Crippen molar-refractivity contribution in [3.05, 3.63) is 0 Å². The van der Waals surface area contributed by atoms with Gasteiger partial charge in [0.25, 0.3) is 0 Å². The van der Waals surface area contributed by atoms with E-state index in [9.17, 15) is 0 Å². The van der Waals surface area contributed by atoms with Gasteiger partial charge in [-0.25, -0.2) is 0 Å². The van der Waals surface area contributed by atoms with E-state index in [2.05, 4.69) is 0 Å². The van der Waals surface area contributed by atoms with Crippen LogP contribution in [0.25, 0.3) is 0 Å². The normalized spacial score (nSPS) is 7.73. The van der Waals surface area contributed by atoms with Crippen molar-refractivity contribution in [1.82, 2.24) is 0 Å².